The van der Waals surface area contributed by atoms with Crippen molar-refractivity contribution in [1.29, 1.82) is 0 Å². The van der Waals surface area contributed by atoms with E-state index in [1.807, 2.05) is 0 Å². The molecule has 108 valence electrons. The number of benzene rings is 2. The summed E-state index contributed by atoms with van der Waals surface area (Å²) in [6, 6.07) is 8.99. The fourth-order valence-corrected chi connectivity index (χ4v) is 2.93. The fourth-order valence-electron chi connectivity index (χ4n) is 1.93. The summed E-state index contributed by atoms with van der Waals surface area (Å²) in [7, 11) is 0. The summed E-state index contributed by atoms with van der Waals surface area (Å²) < 4.78 is 39.7. The van der Waals surface area contributed by atoms with E-state index in [4.69, 9.17) is 0 Å². The molecule has 0 radical (unpaired) electrons. The number of thioether (sulfide) groups is 1. The Labute approximate surface area is 122 Å². The highest BCUT2D eigenvalue weighted by molar-refractivity contribution is 8.01. The number of hydrogen-bond donors (Lipinski definition) is 2. The first-order valence-electron chi connectivity index (χ1n) is 6.03. The Balaban J connectivity index is 1.86. The molecular weight excluding hydrogens is 301 g/mol. The van der Waals surface area contributed by atoms with Crippen LogP contribution in [0.5, 0.6) is 0 Å². The molecule has 1 unspecified atom stereocenters. The Hall–Kier alpha value is -2.15. The highest BCUT2D eigenvalue weighted by Crippen LogP contribution is 2.36. The number of carbonyl (C=O) groups is 1. The lowest BCUT2D eigenvalue weighted by Crippen LogP contribution is -2.35. The van der Waals surface area contributed by atoms with E-state index >= 15 is 0 Å². The van der Waals surface area contributed by atoms with Crippen LogP contribution in [-0.4, -0.2) is 11.3 Å². The minimum absolute atomic E-state index is 0.263. The zero-order valence-corrected chi connectivity index (χ0v) is 11.3. The second kappa shape index (κ2) is 5.33. The highest BCUT2D eigenvalue weighted by Gasteiger charge is 2.28. The molecule has 3 nitrogen and oxygen atoms in total. The Kier molecular flexibility index (Phi) is 3.50. The van der Waals surface area contributed by atoms with Crippen molar-refractivity contribution in [3.8, 4) is 0 Å². The van der Waals surface area contributed by atoms with Crippen LogP contribution in [0.15, 0.2) is 41.3 Å². The van der Waals surface area contributed by atoms with Gasteiger partial charge in [-0.25, -0.2) is 13.2 Å². The van der Waals surface area contributed by atoms with E-state index in [0.717, 1.165) is 17.0 Å². The predicted molar refractivity (Wildman–Crippen MR) is 74.7 cm³/mol. The molecule has 7 heteroatoms. The number of fused-ring (bicyclic) bond motifs is 1. The molecule has 0 bridgehead atoms. The summed E-state index contributed by atoms with van der Waals surface area (Å²) in [4.78, 5) is 12.7. The fraction of sp³-hybridized carbons (Fsp3) is 0.0714. The van der Waals surface area contributed by atoms with Crippen molar-refractivity contribution < 1.29 is 18.0 Å². The monoisotopic (exact) mass is 310 g/mol. The summed E-state index contributed by atoms with van der Waals surface area (Å²) in [5.41, 5.74) is 0.400. The number of nitrogens with one attached hydrogen (secondary N) is 2. The van der Waals surface area contributed by atoms with Gasteiger partial charge in [-0.3, -0.25) is 4.79 Å². The van der Waals surface area contributed by atoms with E-state index in [9.17, 15) is 18.0 Å². The largest absolute Gasteiger partial charge is 0.363 e. The molecule has 3 rings (SSSR count). The highest BCUT2D eigenvalue weighted by atomic mass is 32.2. The number of para-hydroxylation sites is 1. The molecule has 1 atom stereocenters. The topological polar surface area (TPSA) is 41.1 Å². The third-order valence-electron chi connectivity index (χ3n) is 2.95. The zero-order chi connectivity index (χ0) is 15.0. The van der Waals surface area contributed by atoms with Crippen molar-refractivity contribution >= 4 is 29.0 Å². The van der Waals surface area contributed by atoms with Gasteiger partial charge in [0.2, 0.25) is 0 Å². The summed E-state index contributed by atoms with van der Waals surface area (Å²) in [6.45, 7) is 0. The van der Waals surface area contributed by atoms with E-state index in [-0.39, 0.29) is 11.6 Å². The number of anilines is 2. The van der Waals surface area contributed by atoms with Gasteiger partial charge in [0.05, 0.1) is 11.4 Å². The summed E-state index contributed by atoms with van der Waals surface area (Å²) in [5, 5.41) is 4.41. The first-order chi connectivity index (χ1) is 10.1. The quantitative estimate of drug-likeness (QED) is 0.833. The van der Waals surface area contributed by atoms with Crippen LogP contribution in [0, 0.1) is 17.5 Å². The van der Waals surface area contributed by atoms with Gasteiger partial charge in [-0.2, -0.15) is 0 Å². The van der Waals surface area contributed by atoms with Crippen LogP contribution in [0.1, 0.15) is 0 Å². The molecule has 0 saturated carbocycles. The van der Waals surface area contributed by atoms with Crippen LogP contribution in [0.2, 0.25) is 0 Å². The normalized spacial score (nSPS) is 17.1. The van der Waals surface area contributed by atoms with Gasteiger partial charge >= 0.3 is 0 Å². The maximum Gasteiger partial charge on any atom is 0.257 e. The Bertz CT molecular complexity index is 723. The molecule has 2 aromatic carbocycles. The summed E-state index contributed by atoms with van der Waals surface area (Å²) >= 11 is 1.17. The SMILES string of the molecule is O=C1Nc2ccccc2SC1Nc1ccc(F)c(F)c1F. The van der Waals surface area contributed by atoms with Crippen LogP contribution >= 0.6 is 11.8 Å². The van der Waals surface area contributed by atoms with Gasteiger partial charge in [-0.1, -0.05) is 23.9 Å². The minimum Gasteiger partial charge on any atom is -0.363 e. The maximum absolute atomic E-state index is 13.6. The molecule has 1 aliphatic heterocycles. The summed E-state index contributed by atoms with van der Waals surface area (Å²) in [5.74, 6) is -4.57. The number of carbonyl (C=O) groups excluding carboxylic acids is 1. The number of hydrogen-bond acceptors (Lipinski definition) is 3. The van der Waals surface area contributed by atoms with Gasteiger partial charge in [-0.15, -0.1) is 0 Å². The lowest BCUT2D eigenvalue weighted by molar-refractivity contribution is -0.115. The van der Waals surface area contributed by atoms with Gasteiger partial charge in [0.25, 0.3) is 5.91 Å². The van der Waals surface area contributed by atoms with Crippen molar-refractivity contribution in [3.05, 3.63) is 53.8 Å². The predicted octanol–water partition coefficient (Wildman–Crippen LogP) is 3.59. The Morgan fingerprint density at radius 3 is 2.62 bits per heavy atom. The molecule has 0 aromatic heterocycles. The van der Waals surface area contributed by atoms with Gasteiger partial charge in [0, 0.05) is 4.90 Å². The molecule has 0 fully saturated rings. The third kappa shape index (κ3) is 2.56. The van der Waals surface area contributed by atoms with Gasteiger partial charge < -0.3 is 10.6 Å². The first-order valence-corrected chi connectivity index (χ1v) is 6.91. The first kappa shape index (κ1) is 13.8. The average molecular weight is 310 g/mol. The van der Waals surface area contributed by atoms with Crippen molar-refractivity contribution in [1.82, 2.24) is 0 Å². The second-order valence-corrected chi connectivity index (χ2v) is 5.50. The summed E-state index contributed by atoms with van der Waals surface area (Å²) in [6.07, 6.45) is 0. The molecule has 21 heavy (non-hydrogen) atoms. The smallest absolute Gasteiger partial charge is 0.257 e. The van der Waals surface area contributed by atoms with Crippen LogP contribution in [0.4, 0.5) is 24.5 Å². The molecule has 1 heterocycles. The molecule has 0 aliphatic carbocycles. The van der Waals surface area contributed by atoms with E-state index in [2.05, 4.69) is 10.6 Å². The van der Waals surface area contributed by atoms with Gasteiger partial charge in [0.15, 0.2) is 22.8 Å². The second-order valence-electron chi connectivity index (χ2n) is 4.35. The van der Waals surface area contributed by atoms with Crippen LogP contribution in [-0.2, 0) is 4.79 Å². The third-order valence-corrected chi connectivity index (χ3v) is 4.13. The van der Waals surface area contributed by atoms with E-state index < -0.39 is 22.8 Å². The molecule has 1 aliphatic rings. The van der Waals surface area contributed by atoms with Gasteiger partial charge in [-0.05, 0) is 24.3 Å². The van der Waals surface area contributed by atoms with Gasteiger partial charge in [0.1, 0.15) is 0 Å². The van der Waals surface area contributed by atoms with E-state index in [1.54, 1.807) is 24.3 Å². The van der Waals surface area contributed by atoms with Crippen LogP contribution in [0.3, 0.4) is 0 Å². The minimum atomic E-state index is -1.57. The van der Waals surface area contributed by atoms with Crippen molar-refractivity contribution in [2.75, 3.05) is 10.6 Å². The zero-order valence-electron chi connectivity index (χ0n) is 10.5. The van der Waals surface area contributed by atoms with Crippen molar-refractivity contribution in [2.24, 2.45) is 0 Å². The number of rotatable bonds is 2. The molecule has 2 aromatic rings. The van der Waals surface area contributed by atoms with Crippen LogP contribution < -0.4 is 10.6 Å². The Morgan fingerprint density at radius 1 is 1.05 bits per heavy atom. The molecule has 2 N–H and O–H groups in total. The van der Waals surface area contributed by atoms with Crippen molar-refractivity contribution in [2.45, 2.75) is 10.3 Å². The maximum atomic E-state index is 13.6. The average Bonchev–Trinajstić information content (AvgIpc) is 2.48. The van der Waals surface area contributed by atoms with E-state index in [0.29, 0.717) is 5.69 Å². The standard InChI is InChI=1S/C14H9F3N2OS/c15-7-5-6-9(12(17)11(7)16)19-14-13(20)18-8-3-1-2-4-10(8)21-14/h1-6,14,19H,(H,18,20). The van der Waals surface area contributed by atoms with E-state index in [1.165, 1.54) is 11.8 Å². The Morgan fingerprint density at radius 2 is 1.81 bits per heavy atom. The lowest BCUT2D eigenvalue weighted by Gasteiger charge is -2.25. The molecule has 0 spiro atoms. The van der Waals surface area contributed by atoms with Crippen LogP contribution in [0.25, 0.3) is 0 Å². The van der Waals surface area contributed by atoms with Crippen molar-refractivity contribution in [3.63, 3.8) is 0 Å². The molecule has 0 saturated heterocycles. The number of amides is 1. The lowest BCUT2D eigenvalue weighted by atomic mass is 10.2. The molecule has 1 amide bonds. The number of halogens is 3. The molecular formula is C14H9F3N2OS.